The Labute approximate surface area is 139 Å². The topological polar surface area (TPSA) is 29.5 Å². The fourth-order valence-corrected chi connectivity index (χ4v) is 3.88. The van der Waals surface area contributed by atoms with Crippen molar-refractivity contribution >= 4 is 11.8 Å². The Morgan fingerprint density at radius 2 is 1.96 bits per heavy atom. The number of benzene rings is 1. The minimum Gasteiger partial charge on any atom is -0.396 e. The third kappa shape index (κ3) is 3.52. The predicted molar refractivity (Wildman–Crippen MR) is 92.2 cm³/mol. The molecule has 1 aromatic carbocycles. The maximum absolute atomic E-state index is 12.8. The van der Waals surface area contributed by atoms with Gasteiger partial charge in [0.25, 0.3) is 0 Å². The van der Waals surface area contributed by atoms with Gasteiger partial charge in [0.2, 0.25) is 6.23 Å². The summed E-state index contributed by atoms with van der Waals surface area (Å²) in [5, 5.41) is 0. The molecular weight excluding hydrogens is 288 g/mol. The van der Waals surface area contributed by atoms with Gasteiger partial charge < -0.3 is 4.74 Å². The van der Waals surface area contributed by atoms with E-state index in [-0.39, 0.29) is 12.3 Å². The summed E-state index contributed by atoms with van der Waals surface area (Å²) in [7, 11) is 2.24. The molecule has 4 nitrogen and oxygen atoms in total. The summed E-state index contributed by atoms with van der Waals surface area (Å²) >= 11 is 0. The molecule has 3 heterocycles. The fraction of sp³-hybridized carbons (Fsp3) is 0.632. The quantitative estimate of drug-likeness (QED) is 0.768. The van der Waals surface area contributed by atoms with Crippen molar-refractivity contribution in [2.45, 2.75) is 45.3 Å². The van der Waals surface area contributed by atoms with Crippen molar-refractivity contribution < 1.29 is 14.0 Å². The lowest BCUT2D eigenvalue weighted by Crippen LogP contribution is -2.63. The van der Waals surface area contributed by atoms with Crippen molar-refractivity contribution in [2.75, 3.05) is 31.6 Å². The van der Waals surface area contributed by atoms with Crippen LogP contribution in [0.4, 0.5) is 10.5 Å². The number of hydrogen-bond donors (Lipinski definition) is 0. The second kappa shape index (κ2) is 6.91. The number of quaternary nitrogens is 1. The number of carbonyl (C=O) groups excluding carboxylic acids is 1. The molecule has 3 aliphatic rings. The zero-order valence-electron chi connectivity index (χ0n) is 14.4. The van der Waals surface area contributed by atoms with Crippen LogP contribution in [-0.2, 0) is 4.74 Å². The van der Waals surface area contributed by atoms with Gasteiger partial charge in [-0.25, -0.2) is 4.79 Å². The van der Waals surface area contributed by atoms with Crippen LogP contribution >= 0.6 is 0 Å². The Balaban J connectivity index is 1.71. The van der Waals surface area contributed by atoms with Crippen LogP contribution in [0.3, 0.4) is 0 Å². The lowest BCUT2D eigenvalue weighted by molar-refractivity contribution is -0.967. The van der Waals surface area contributed by atoms with Gasteiger partial charge in [-0.3, -0.25) is 9.38 Å². The van der Waals surface area contributed by atoms with Crippen LogP contribution in [0, 0.1) is 5.92 Å². The maximum Gasteiger partial charge on any atom is 0.418 e. The van der Waals surface area contributed by atoms with Gasteiger partial charge in [0.05, 0.1) is 20.1 Å². The summed E-state index contributed by atoms with van der Waals surface area (Å²) < 4.78 is 6.90. The predicted octanol–water partition coefficient (Wildman–Crippen LogP) is 4.02. The number of fused-ring (bicyclic) bond motifs is 3. The number of hydrogen-bond acceptors (Lipinski definition) is 2. The Bertz CT molecular complexity index is 523. The van der Waals surface area contributed by atoms with Gasteiger partial charge >= 0.3 is 6.09 Å². The van der Waals surface area contributed by atoms with Gasteiger partial charge in [0, 0.05) is 31.5 Å². The second-order valence-electron chi connectivity index (χ2n) is 7.28. The molecule has 23 heavy (non-hydrogen) atoms. The Kier molecular flexibility index (Phi) is 4.90. The SMILES string of the molecule is CCCCN(C(=O)O[C@@H]1CC2CC[N+]1(C)CC2)c1ccccc1. The van der Waals surface area contributed by atoms with E-state index in [0.29, 0.717) is 0 Å². The Hall–Kier alpha value is -1.55. The van der Waals surface area contributed by atoms with Crippen molar-refractivity contribution in [1.29, 1.82) is 0 Å². The molecular formula is C19H29N2O2+. The number of piperidine rings is 3. The molecule has 1 amide bonds. The number of amides is 1. The number of carbonyl (C=O) groups is 1. The van der Waals surface area contributed by atoms with Crippen LogP contribution in [0.15, 0.2) is 30.3 Å². The molecule has 3 saturated heterocycles. The zero-order valence-corrected chi connectivity index (χ0v) is 14.4. The molecule has 0 aliphatic carbocycles. The van der Waals surface area contributed by atoms with E-state index in [4.69, 9.17) is 4.74 Å². The third-order valence-corrected chi connectivity index (χ3v) is 5.59. The first kappa shape index (κ1) is 16.3. The van der Waals surface area contributed by atoms with Crippen molar-refractivity contribution in [3.8, 4) is 0 Å². The Morgan fingerprint density at radius 1 is 1.26 bits per heavy atom. The second-order valence-corrected chi connectivity index (χ2v) is 7.28. The van der Waals surface area contributed by atoms with Crippen LogP contribution in [-0.4, -0.2) is 43.5 Å². The molecule has 126 valence electrons. The van der Waals surface area contributed by atoms with E-state index in [1.807, 2.05) is 30.3 Å². The normalized spacial score (nSPS) is 29.3. The van der Waals surface area contributed by atoms with Gasteiger partial charge in [0.15, 0.2) is 0 Å². The van der Waals surface area contributed by atoms with Gasteiger partial charge in [0.1, 0.15) is 0 Å². The lowest BCUT2D eigenvalue weighted by Gasteiger charge is -2.50. The molecule has 1 aromatic rings. The number of rotatable bonds is 5. The van der Waals surface area contributed by atoms with E-state index in [9.17, 15) is 4.79 Å². The van der Waals surface area contributed by atoms with Gasteiger partial charge in [-0.2, -0.15) is 0 Å². The number of nitrogens with zero attached hydrogens (tertiary/aromatic N) is 2. The first-order valence-electron chi connectivity index (χ1n) is 9.00. The summed E-state index contributed by atoms with van der Waals surface area (Å²) in [6, 6.07) is 9.90. The molecule has 3 fully saturated rings. The third-order valence-electron chi connectivity index (χ3n) is 5.59. The highest BCUT2D eigenvalue weighted by atomic mass is 16.6. The highest BCUT2D eigenvalue weighted by molar-refractivity contribution is 5.87. The Morgan fingerprint density at radius 3 is 2.57 bits per heavy atom. The van der Waals surface area contributed by atoms with Crippen LogP contribution in [0.1, 0.15) is 39.0 Å². The largest absolute Gasteiger partial charge is 0.418 e. The molecule has 1 atom stereocenters. The minimum atomic E-state index is -0.179. The number of unbranched alkanes of at least 4 members (excludes halogenated alkanes) is 1. The molecule has 2 bridgehead atoms. The van der Waals surface area contributed by atoms with Crippen molar-refractivity contribution in [2.24, 2.45) is 5.92 Å². The van der Waals surface area contributed by atoms with Crippen molar-refractivity contribution in [3.05, 3.63) is 30.3 Å². The van der Waals surface area contributed by atoms with E-state index in [1.165, 1.54) is 12.8 Å². The average Bonchev–Trinajstić information content (AvgIpc) is 2.57. The van der Waals surface area contributed by atoms with Crippen LogP contribution in [0.2, 0.25) is 0 Å². The van der Waals surface area contributed by atoms with Crippen LogP contribution in [0.5, 0.6) is 0 Å². The average molecular weight is 317 g/mol. The van der Waals surface area contributed by atoms with Gasteiger partial charge in [-0.05, 0) is 24.5 Å². The number of ether oxygens (including phenoxy) is 1. The molecule has 0 N–H and O–H groups in total. The first-order chi connectivity index (χ1) is 11.1. The van der Waals surface area contributed by atoms with Crippen LogP contribution in [0.25, 0.3) is 0 Å². The molecule has 0 radical (unpaired) electrons. The molecule has 0 spiro atoms. The summed E-state index contributed by atoms with van der Waals surface area (Å²) in [4.78, 5) is 14.6. The van der Waals surface area contributed by atoms with E-state index in [1.54, 1.807) is 4.90 Å². The van der Waals surface area contributed by atoms with Crippen LogP contribution < -0.4 is 4.90 Å². The summed E-state index contributed by atoms with van der Waals surface area (Å²) in [5.74, 6) is 0.744. The zero-order chi connectivity index (χ0) is 16.3. The monoisotopic (exact) mass is 317 g/mol. The molecule has 0 unspecified atom stereocenters. The standard InChI is InChI=1S/C19H29N2O2/c1-3-4-12-20(17-8-6-5-7-9-17)19(22)23-18-15-16-10-13-21(18,2)14-11-16/h5-9,16,18H,3-4,10-15H2,1-2H3/q+1/t16?,18-,21?/m1/s1. The van der Waals surface area contributed by atoms with E-state index in [0.717, 1.165) is 55.0 Å². The fourth-order valence-electron chi connectivity index (χ4n) is 3.88. The van der Waals surface area contributed by atoms with E-state index in [2.05, 4.69) is 14.0 Å². The lowest BCUT2D eigenvalue weighted by atomic mass is 9.85. The summed E-state index contributed by atoms with van der Waals surface area (Å²) in [5.41, 5.74) is 0.935. The summed E-state index contributed by atoms with van der Waals surface area (Å²) in [6.07, 6.45) is 5.49. The van der Waals surface area contributed by atoms with Crippen molar-refractivity contribution in [1.82, 2.24) is 0 Å². The first-order valence-corrected chi connectivity index (χ1v) is 9.00. The van der Waals surface area contributed by atoms with Gasteiger partial charge in [-0.1, -0.05) is 31.5 Å². The molecule has 4 rings (SSSR count). The molecule has 4 heteroatoms. The van der Waals surface area contributed by atoms with Crippen molar-refractivity contribution in [3.63, 3.8) is 0 Å². The van der Waals surface area contributed by atoms with E-state index < -0.39 is 0 Å². The number of anilines is 1. The molecule has 0 saturated carbocycles. The highest BCUT2D eigenvalue weighted by Crippen LogP contribution is 2.37. The smallest absolute Gasteiger partial charge is 0.396 e. The van der Waals surface area contributed by atoms with Gasteiger partial charge in [-0.15, -0.1) is 0 Å². The molecule has 0 aromatic heterocycles. The highest BCUT2D eigenvalue weighted by Gasteiger charge is 2.47. The number of para-hydroxylation sites is 1. The maximum atomic E-state index is 12.8. The van der Waals surface area contributed by atoms with E-state index >= 15 is 0 Å². The molecule has 3 aliphatic heterocycles. The summed E-state index contributed by atoms with van der Waals surface area (Å²) in [6.45, 7) is 5.15. The minimum absolute atomic E-state index is 0.0304.